The van der Waals surface area contributed by atoms with Crippen LogP contribution in [-0.4, -0.2) is 10.7 Å². The molecule has 0 atom stereocenters. The minimum absolute atomic E-state index is 0.0816. The van der Waals surface area contributed by atoms with Crippen LogP contribution in [0.4, 0.5) is 0 Å². The summed E-state index contributed by atoms with van der Waals surface area (Å²) in [5, 5.41) is 0. The van der Waals surface area contributed by atoms with Crippen LogP contribution in [0.5, 0.6) is 0 Å². The molecule has 0 aromatic carbocycles. The molecule has 16 heavy (non-hydrogen) atoms. The number of rotatable bonds is 3. The summed E-state index contributed by atoms with van der Waals surface area (Å²) in [4.78, 5) is 13.5. The molecule has 0 amide bonds. The summed E-state index contributed by atoms with van der Waals surface area (Å²) in [5.41, 5.74) is 3.83. The van der Waals surface area contributed by atoms with E-state index < -0.39 is 0 Å². The lowest BCUT2D eigenvalue weighted by Gasteiger charge is -2.27. The summed E-state index contributed by atoms with van der Waals surface area (Å²) < 4.78 is 0. The predicted octanol–water partition coefficient (Wildman–Crippen LogP) is 3.55. The Hall–Kier alpha value is -1.57. The van der Waals surface area contributed by atoms with Gasteiger partial charge in [-0.3, -0.25) is 4.79 Å². The normalized spacial score (nSPS) is 17.1. The first kappa shape index (κ1) is 12.5. The fourth-order valence-corrected chi connectivity index (χ4v) is 1.73. The number of nitrogens with zero attached hydrogens (tertiary/aromatic N) is 1. The molecule has 0 spiro atoms. The summed E-state index contributed by atoms with van der Waals surface area (Å²) in [7, 11) is 0. The molecule has 0 fully saturated rings. The van der Waals surface area contributed by atoms with Crippen molar-refractivity contribution >= 4 is 5.78 Å². The third-order valence-electron chi connectivity index (χ3n) is 2.70. The molecule has 1 aliphatic heterocycles. The second kappa shape index (κ2) is 4.97. The van der Waals surface area contributed by atoms with Gasteiger partial charge in [0.2, 0.25) is 0 Å². The average Bonchev–Trinajstić information content (AvgIpc) is 2.21. The van der Waals surface area contributed by atoms with Crippen LogP contribution in [0.3, 0.4) is 0 Å². The van der Waals surface area contributed by atoms with E-state index in [4.69, 9.17) is 0 Å². The van der Waals surface area contributed by atoms with E-state index in [-0.39, 0.29) is 5.78 Å². The van der Waals surface area contributed by atoms with Gasteiger partial charge in [-0.15, -0.1) is 0 Å². The summed E-state index contributed by atoms with van der Waals surface area (Å²) in [6, 6.07) is 0. The number of Topliss-reactive ketones (excluding diaryl/α,β-unsaturated/α-hetero) is 1. The first-order valence-corrected chi connectivity index (χ1v) is 5.52. The first-order valence-electron chi connectivity index (χ1n) is 5.52. The van der Waals surface area contributed by atoms with Crippen molar-refractivity contribution < 1.29 is 4.79 Å². The quantitative estimate of drug-likeness (QED) is 0.674. The van der Waals surface area contributed by atoms with Gasteiger partial charge in [0.25, 0.3) is 0 Å². The Morgan fingerprint density at radius 1 is 1.44 bits per heavy atom. The zero-order valence-electron chi connectivity index (χ0n) is 10.5. The molecule has 0 aromatic heterocycles. The monoisotopic (exact) mass is 217 g/mol. The third kappa shape index (κ3) is 2.51. The number of ketones is 1. The van der Waals surface area contributed by atoms with Crippen molar-refractivity contribution in [3.05, 3.63) is 47.5 Å². The van der Waals surface area contributed by atoms with Crippen LogP contribution in [0, 0.1) is 0 Å². The molecule has 0 unspecified atom stereocenters. The molecule has 1 rings (SSSR count). The van der Waals surface area contributed by atoms with Crippen molar-refractivity contribution in [2.45, 2.75) is 34.1 Å². The van der Waals surface area contributed by atoms with Crippen LogP contribution in [0.15, 0.2) is 47.5 Å². The highest BCUT2D eigenvalue weighted by molar-refractivity contribution is 5.94. The van der Waals surface area contributed by atoms with E-state index in [1.807, 2.05) is 37.1 Å². The van der Waals surface area contributed by atoms with Gasteiger partial charge in [-0.2, -0.15) is 0 Å². The SMILES string of the molecule is C=C1C=C(C)C=CN1/C(C(C)=O)=C(/C)CC. The molecule has 0 saturated carbocycles. The maximum absolute atomic E-state index is 11.7. The van der Waals surface area contributed by atoms with Gasteiger partial charge in [0.15, 0.2) is 5.78 Å². The topological polar surface area (TPSA) is 20.3 Å². The molecular weight excluding hydrogens is 198 g/mol. The Balaban J connectivity index is 3.14. The Bertz CT molecular complexity index is 410. The fraction of sp³-hybridized carbons (Fsp3) is 0.357. The standard InChI is InChI=1S/C14H19NO/c1-6-11(3)14(13(5)16)15-8-7-10(2)9-12(15)4/h7-9H,4,6H2,1-3,5H3/b14-11-. The molecule has 86 valence electrons. The van der Waals surface area contributed by atoms with Gasteiger partial charge >= 0.3 is 0 Å². The molecule has 1 aliphatic rings. The van der Waals surface area contributed by atoms with Crippen LogP contribution >= 0.6 is 0 Å². The third-order valence-corrected chi connectivity index (χ3v) is 2.70. The lowest BCUT2D eigenvalue weighted by Crippen LogP contribution is -2.22. The number of hydrogen-bond donors (Lipinski definition) is 0. The van der Waals surface area contributed by atoms with Crippen LogP contribution in [-0.2, 0) is 4.79 Å². The van der Waals surface area contributed by atoms with Crippen LogP contribution < -0.4 is 0 Å². The fourth-order valence-electron chi connectivity index (χ4n) is 1.73. The van der Waals surface area contributed by atoms with E-state index in [1.54, 1.807) is 6.92 Å². The van der Waals surface area contributed by atoms with Crippen LogP contribution in [0.25, 0.3) is 0 Å². The predicted molar refractivity (Wildman–Crippen MR) is 67.5 cm³/mol. The molecule has 0 bridgehead atoms. The van der Waals surface area contributed by atoms with Gasteiger partial charge in [-0.25, -0.2) is 0 Å². The van der Waals surface area contributed by atoms with Gasteiger partial charge < -0.3 is 4.90 Å². The zero-order valence-corrected chi connectivity index (χ0v) is 10.5. The van der Waals surface area contributed by atoms with E-state index in [0.717, 1.165) is 29.0 Å². The van der Waals surface area contributed by atoms with Gasteiger partial charge in [0.05, 0.1) is 5.70 Å². The largest absolute Gasteiger partial charge is 0.315 e. The number of carbonyl (C=O) groups is 1. The van der Waals surface area contributed by atoms with Crippen LogP contribution in [0.2, 0.25) is 0 Å². The van der Waals surface area contributed by atoms with Gasteiger partial charge in [-0.05, 0) is 43.6 Å². The molecular formula is C14H19NO. The Morgan fingerprint density at radius 2 is 2.06 bits per heavy atom. The number of hydrogen-bond acceptors (Lipinski definition) is 2. The highest BCUT2D eigenvalue weighted by Gasteiger charge is 2.17. The molecule has 0 aromatic rings. The molecule has 2 nitrogen and oxygen atoms in total. The number of carbonyl (C=O) groups excluding carboxylic acids is 1. The molecule has 0 aliphatic carbocycles. The van der Waals surface area contributed by atoms with Crippen molar-refractivity contribution in [1.29, 1.82) is 0 Å². The Morgan fingerprint density at radius 3 is 2.50 bits per heavy atom. The van der Waals surface area contributed by atoms with E-state index in [2.05, 4.69) is 13.5 Å². The maximum atomic E-state index is 11.7. The molecule has 0 saturated heterocycles. The van der Waals surface area contributed by atoms with Gasteiger partial charge in [-0.1, -0.05) is 13.5 Å². The maximum Gasteiger partial charge on any atom is 0.176 e. The van der Waals surface area contributed by atoms with Gasteiger partial charge in [0, 0.05) is 18.8 Å². The number of allylic oxidation sites excluding steroid dienone is 5. The first-order chi connectivity index (χ1) is 7.47. The van der Waals surface area contributed by atoms with Crippen molar-refractivity contribution in [3.63, 3.8) is 0 Å². The molecule has 0 N–H and O–H groups in total. The summed E-state index contributed by atoms with van der Waals surface area (Å²) in [5.74, 6) is 0.0816. The summed E-state index contributed by atoms with van der Waals surface area (Å²) >= 11 is 0. The lowest BCUT2D eigenvalue weighted by atomic mass is 10.1. The zero-order chi connectivity index (χ0) is 12.3. The second-order valence-corrected chi connectivity index (χ2v) is 4.10. The van der Waals surface area contributed by atoms with E-state index >= 15 is 0 Å². The second-order valence-electron chi connectivity index (χ2n) is 4.10. The molecule has 1 heterocycles. The van der Waals surface area contributed by atoms with E-state index in [0.29, 0.717) is 0 Å². The van der Waals surface area contributed by atoms with Crippen molar-refractivity contribution in [1.82, 2.24) is 4.90 Å². The van der Waals surface area contributed by atoms with Crippen LogP contribution in [0.1, 0.15) is 34.1 Å². The average molecular weight is 217 g/mol. The summed E-state index contributed by atoms with van der Waals surface area (Å²) in [6.07, 6.45) is 6.75. The van der Waals surface area contributed by atoms with Crippen molar-refractivity contribution in [2.75, 3.05) is 0 Å². The molecule has 2 heteroatoms. The summed E-state index contributed by atoms with van der Waals surface area (Å²) in [6.45, 7) is 11.6. The van der Waals surface area contributed by atoms with E-state index in [9.17, 15) is 4.79 Å². The molecule has 0 radical (unpaired) electrons. The smallest absolute Gasteiger partial charge is 0.176 e. The highest BCUT2D eigenvalue weighted by Crippen LogP contribution is 2.24. The van der Waals surface area contributed by atoms with E-state index in [1.165, 1.54) is 0 Å². The van der Waals surface area contributed by atoms with Crippen molar-refractivity contribution in [3.8, 4) is 0 Å². The van der Waals surface area contributed by atoms with Gasteiger partial charge in [0.1, 0.15) is 0 Å². The Labute approximate surface area is 97.6 Å². The minimum atomic E-state index is 0.0816. The lowest BCUT2D eigenvalue weighted by molar-refractivity contribution is -0.114. The van der Waals surface area contributed by atoms with Crippen molar-refractivity contribution in [2.24, 2.45) is 0 Å². The minimum Gasteiger partial charge on any atom is -0.315 e. The highest BCUT2D eigenvalue weighted by atomic mass is 16.1. The Kier molecular flexibility index (Phi) is 3.88.